The van der Waals surface area contributed by atoms with Crippen LogP contribution in [0.3, 0.4) is 0 Å². The summed E-state index contributed by atoms with van der Waals surface area (Å²) in [5.41, 5.74) is 3.69. The maximum atomic E-state index is 13.5. The van der Waals surface area contributed by atoms with Crippen LogP contribution >= 0.6 is 15.9 Å². The van der Waals surface area contributed by atoms with Crippen molar-refractivity contribution in [3.05, 3.63) is 64.0 Å². The van der Waals surface area contributed by atoms with E-state index in [-0.39, 0.29) is 11.7 Å². The number of rotatable bonds is 5. The van der Waals surface area contributed by atoms with Crippen molar-refractivity contribution in [1.29, 1.82) is 0 Å². The summed E-state index contributed by atoms with van der Waals surface area (Å²) in [7, 11) is 0. The van der Waals surface area contributed by atoms with Crippen LogP contribution in [-0.4, -0.2) is 28.9 Å². The molecule has 3 aromatic rings. The van der Waals surface area contributed by atoms with Crippen molar-refractivity contribution in [1.82, 2.24) is 9.88 Å². The molecule has 0 aliphatic carbocycles. The highest BCUT2D eigenvalue weighted by Gasteiger charge is 2.24. The van der Waals surface area contributed by atoms with Gasteiger partial charge in [0, 0.05) is 28.5 Å². The molecule has 0 spiro atoms. The third kappa shape index (κ3) is 3.88. The van der Waals surface area contributed by atoms with Crippen LogP contribution in [0, 0.1) is 12.7 Å². The quantitative estimate of drug-likeness (QED) is 0.500. The Labute approximate surface area is 167 Å². The number of hydrogen-bond acceptors (Lipinski definition) is 2. The molecule has 0 saturated heterocycles. The number of fused-ring (bicyclic) bond motifs is 1. The molecular formula is C22H22BrFN2O. The maximum absolute atomic E-state index is 13.5. The molecule has 0 unspecified atom stereocenters. The molecule has 1 aromatic heterocycles. The van der Waals surface area contributed by atoms with E-state index < -0.39 is 0 Å². The Hall–Kier alpha value is -2.27. The van der Waals surface area contributed by atoms with E-state index in [9.17, 15) is 9.18 Å². The van der Waals surface area contributed by atoms with Crippen molar-refractivity contribution >= 4 is 32.7 Å². The van der Waals surface area contributed by atoms with E-state index in [0.29, 0.717) is 24.3 Å². The van der Waals surface area contributed by atoms with Gasteiger partial charge in [0.05, 0.1) is 16.8 Å². The number of halogens is 2. The number of amides is 1. The normalized spacial score (nSPS) is 11.0. The van der Waals surface area contributed by atoms with Gasteiger partial charge in [-0.15, -0.1) is 0 Å². The van der Waals surface area contributed by atoms with Crippen LogP contribution in [0.5, 0.6) is 0 Å². The number of aryl methyl sites for hydroxylation is 1. The molecule has 0 saturated carbocycles. The van der Waals surface area contributed by atoms with Crippen molar-refractivity contribution in [2.75, 3.05) is 13.1 Å². The third-order valence-electron chi connectivity index (χ3n) is 4.64. The summed E-state index contributed by atoms with van der Waals surface area (Å²) in [5, 5.41) is 0.873. The van der Waals surface area contributed by atoms with Crippen LogP contribution in [0.2, 0.25) is 0 Å². The minimum atomic E-state index is -0.302. The Morgan fingerprint density at radius 3 is 2.48 bits per heavy atom. The van der Waals surface area contributed by atoms with Crippen LogP contribution < -0.4 is 0 Å². The molecule has 0 aliphatic heterocycles. The number of benzene rings is 2. The molecule has 1 heterocycles. The Morgan fingerprint density at radius 1 is 1.15 bits per heavy atom. The van der Waals surface area contributed by atoms with Crippen molar-refractivity contribution in [2.24, 2.45) is 0 Å². The molecule has 3 rings (SSSR count). The predicted octanol–water partition coefficient (Wildman–Crippen LogP) is 5.98. The van der Waals surface area contributed by atoms with E-state index in [4.69, 9.17) is 0 Å². The fourth-order valence-electron chi connectivity index (χ4n) is 3.37. The highest BCUT2D eigenvalue weighted by atomic mass is 79.9. The molecule has 0 fully saturated rings. The molecule has 1 amide bonds. The van der Waals surface area contributed by atoms with Gasteiger partial charge in [-0.05, 0) is 56.2 Å². The second-order valence-corrected chi connectivity index (χ2v) is 7.42. The SMILES string of the molecule is CCCN(CC)C(=O)c1c(C)nc2ccc(Br)cc2c1-c1ccc(F)cc1. The smallest absolute Gasteiger partial charge is 0.256 e. The second kappa shape index (κ2) is 8.17. The first-order valence-electron chi connectivity index (χ1n) is 9.11. The Bertz CT molecular complexity index is 986. The minimum absolute atomic E-state index is 0.0365. The van der Waals surface area contributed by atoms with Gasteiger partial charge in [-0.2, -0.15) is 0 Å². The Morgan fingerprint density at radius 2 is 1.85 bits per heavy atom. The lowest BCUT2D eigenvalue weighted by molar-refractivity contribution is 0.0764. The van der Waals surface area contributed by atoms with Gasteiger partial charge in [0.2, 0.25) is 0 Å². The summed E-state index contributed by atoms with van der Waals surface area (Å²) in [6, 6.07) is 12.1. The summed E-state index contributed by atoms with van der Waals surface area (Å²) >= 11 is 3.52. The van der Waals surface area contributed by atoms with E-state index in [1.54, 1.807) is 12.1 Å². The lowest BCUT2D eigenvalue weighted by Crippen LogP contribution is -2.32. The predicted molar refractivity (Wildman–Crippen MR) is 111 cm³/mol. The van der Waals surface area contributed by atoms with Gasteiger partial charge in [-0.3, -0.25) is 9.78 Å². The number of carbonyl (C=O) groups excluding carboxylic acids is 1. The number of pyridine rings is 1. The van der Waals surface area contributed by atoms with Crippen LogP contribution in [0.1, 0.15) is 36.3 Å². The summed E-state index contributed by atoms with van der Waals surface area (Å²) in [6.07, 6.45) is 0.886. The van der Waals surface area contributed by atoms with Crippen molar-refractivity contribution in [3.63, 3.8) is 0 Å². The minimum Gasteiger partial charge on any atom is -0.339 e. The van der Waals surface area contributed by atoms with Gasteiger partial charge in [0.25, 0.3) is 5.91 Å². The highest BCUT2D eigenvalue weighted by Crippen LogP contribution is 2.35. The average Bonchev–Trinajstić information content (AvgIpc) is 2.65. The third-order valence-corrected chi connectivity index (χ3v) is 5.13. The zero-order valence-electron chi connectivity index (χ0n) is 15.7. The van der Waals surface area contributed by atoms with Gasteiger partial charge < -0.3 is 4.90 Å². The van der Waals surface area contributed by atoms with Gasteiger partial charge in [-0.25, -0.2) is 4.39 Å². The molecule has 0 bridgehead atoms. The van der Waals surface area contributed by atoms with E-state index >= 15 is 0 Å². The van der Waals surface area contributed by atoms with Gasteiger partial charge in [0.15, 0.2) is 0 Å². The molecule has 27 heavy (non-hydrogen) atoms. The molecule has 3 nitrogen and oxygen atoms in total. The van der Waals surface area contributed by atoms with Gasteiger partial charge >= 0.3 is 0 Å². The molecule has 2 aromatic carbocycles. The standard InChI is InChI=1S/C22H22BrFN2O/c1-4-12-26(5-2)22(27)20-14(3)25-19-11-8-16(23)13-18(19)21(20)15-6-9-17(24)10-7-15/h6-11,13H,4-5,12H2,1-3H3. The molecule has 0 N–H and O–H groups in total. The summed E-state index contributed by atoms with van der Waals surface area (Å²) in [6.45, 7) is 7.21. The lowest BCUT2D eigenvalue weighted by Gasteiger charge is -2.23. The molecule has 5 heteroatoms. The topological polar surface area (TPSA) is 33.2 Å². The average molecular weight is 429 g/mol. The van der Waals surface area contributed by atoms with Crippen molar-refractivity contribution in [3.8, 4) is 11.1 Å². The monoisotopic (exact) mass is 428 g/mol. The van der Waals surface area contributed by atoms with E-state index in [0.717, 1.165) is 32.9 Å². The highest BCUT2D eigenvalue weighted by molar-refractivity contribution is 9.10. The molecule has 140 valence electrons. The van der Waals surface area contributed by atoms with Crippen molar-refractivity contribution in [2.45, 2.75) is 27.2 Å². The number of hydrogen-bond donors (Lipinski definition) is 0. The van der Waals surface area contributed by atoms with Crippen LogP contribution in [0.25, 0.3) is 22.0 Å². The molecule has 0 aliphatic rings. The first kappa shape index (κ1) is 19.5. The largest absolute Gasteiger partial charge is 0.339 e. The van der Waals surface area contributed by atoms with Gasteiger partial charge in [-0.1, -0.05) is 35.0 Å². The summed E-state index contributed by atoms with van der Waals surface area (Å²) < 4.78 is 14.4. The zero-order valence-corrected chi connectivity index (χ0v) is 17.3. The first-order chi connectivity index (χ1) is 13.0. The Balaban J connectivity index is 2.34. The van der Waals surface area contributed by atoms with E-state index in [1.165, 1.54) is 12.1 Å². The van der Waals surface area contributed by atoms with Crippen LogP contribution in [0.15, 0.2) is 46.9 Å². The molecule has 0 radical (unpaired) electrons. The van der Waals surface area contributed by atoms with E-state index in [2.05, 4.69) is 27.8 Å². The number of carbonyl (C=O) groups is 1. The first-order valence-corrected chi connectivity index (χ1v) is 9.90. The zero-order chi connectivity index (χ0) is 19.6. The maximum Gasteiger partial charge on any atom is 0.256 e. The fraction of sp³-hybridized carbons (Fsp3) is 0.273. The molecular weight excluding hydrogens is 407 g/mol. The van der Waals surface area contributed by atoms with E-state index in [1.807, 2.05) is 36.9 Å². The van der Waals surface area contributed by atoms with Crippen molar-refractivity contribution < 1.29 is 9.18 Å². The second-order valence-electron chi connectivity index (χ2n) is 6.50. The number of nitrogens with zero attached hydrogens (tertiary/aromatic N) is 2. The van der Waals surface area contributed by atoms with Crippen LogP contribution in [-0.2, 0) is 0 Å². The Kier molecular flexibility index (Phi) is 5.90. The van der Waals surface area contributed by atoms with Gasteiger partial charge in [0.1, 0.15) is 5.82 Å². The summed E-state index contributed by atoms with van der Waals surface area (Å²) in [5.74, 6) is -0.338. The number of aromatic nitrogens is 1. The fourth-order valence-corrected chi connectivity index (χ4v) is 3.73. The van der Waals surface area contributed by atoms with Crippen LogP contribution in [0.4, 0.5) is 4.39 Å². The molecule has 0 atom stereocenters. The lowest BCUT2D eigenvalue weighted by atomic mass is 9.93. The summed E-state index contributed by atoms with van der Waals surface area (Å²) in [4.78, 5) is 19.9.